The maximum atomic E-state index is 3.43. The Morgan fingerprint density at radius 2 is 1.94 bits per heavy atom. The molecule has 100 valence electrons. The van der Waals surface area contributed by atoms with E-state index in [0.717, 1.165) is 6.04 Å². The number of nitrogens with zero attached hydrogens (tertiary/aromatic N) is 1. The second-order valence-electron chi connectivity index (χ2n) is 5.64. The number of hydrogen-bond donors (Lipinski definition) is 1. The minimum atomic E-state index is 0.775. The van der Waals surface area contributed by atoms with Crippen LogP contribution in [0.3, 0.4) is 0 Å². The van der Waals surface area contributed by atoms with Crippen LogP contribution < -0.4 is 5.32 Å². The Hall–Kier alpha value is -0.860. The number of hydrogen-bond acceptors (Lipinski definition) is 2. The molecule has 2 heteroatoms. The van der Waals surface area contributed by atoms with Crippen LogP contribution in [-0.2, 0) is 6.42 Å². The molecular weight excluding hydrogens is 220 g/mol. The SMILES string of the molecule is Cc1ccc(CCN(C)C2CCNCC2)c(C)c1. The lowest BCUT2D eigenvalue weighted by atomic mass is 10.0. The molecule has 1 saturated heterocycles. The normalized spacial score (nSPS) is 17.3. The van der Waals surface area contributed by atoms with Gasteiger partial charge in [-0.1, -0.05) is 23.8 Å². The molecule has 1 fully saturated rings. The molecular formula is C16H26N2. The van der Waals surface area contributed by atoms with Crippen LogP contribution in [0.25, 0.3) is 0 Å². The molecule has 0 saturated carbocycles. The van der Waals surface area contributed by atoms with Gasteiger partial charge in [0.15, 0.2) is 0 Å². The summed E-state index contributed by atoms with van der Waals surface area (Å²) in [6, 6.07) is 7.59. The van der Waals surface area contributed by atoms with E-state index in [4.69, 9.17) is 0 Å². The molecule has 0 bridgehead atoms. The highest BCUT2D eigenvalue weighted by Gasteiger charge is 2.17. The standard InChI is InChI=1S/C16H26N2/c1-13-4-5-15(14(2)12-13)8-11-18(3)16-6-9-17-10-7-16/h4-5,12,16-17H,6-11H2,1-3H3. The molecule has 0 aromatic heterocycles. The largest absolute Gasteiger partial charge is 0.317 e. The molecule has 2 nitrogen and oxygen atoms in total. The van der Waals surface area contributed by atoms with E-state index in [1.807, 2.05) is 0 Å². The van der Waals surface area contributed by atoms with Crippen LogP contribution in [0.2, 0.25) is 0 Å². The van der Waals surface area contributed by atoms with Crippen LogP contribution in [0.5, 0.6) is 0 Å². The summed E-state index contributed by atoms with van der Waals surface area (Å²) < 4.78 is 0. The third kappa shape index (κ3) is 3.56. The second-order valence-corrected chi connectivity index (χ2v) is 5.64. The topological polar surface area (TPSA) is 15.3 Å². The number of likely N-dealkylation sites (N-methyl/N-ethyl adjacent to an activating group) is 1. The Balaban J connectivity index is 1.86. The number of nitrogens with one attached hydrogen (secondary N) is 1. The zero-order valence-electron chi connectivity index (χ0n) is 12.0. The van der Waals surface area contributed by atoms with Gasteiger partial charge in [0.1, 0.15) is 0 Å². The Labute approximate surface area is 111 Å². The van der Waals surface area contributed by atoms with E-state index in [1.54, 1.807) is 0 Å². The van der Waals surface area contributed by atoms with Gasteiger partial charge in [-0.15, -0.1) is 0 Å². The van der Waals surface area contributed by atoms with E-state index < -0.39 is 0 Å². The fourth-order valence-electron chi connectivity index (χ4n) is 2.85. The van der Waals surface area contributed by atoms with Crippen molar-refractivity contribution in [3.63, 3.8) is 0 Å². The molecule has 2 rings (SSSR count). The minimum absolute atomic E-state index is 0.775. The van der Waals surface area contributed by atoms with Crippen molar-refractivity contribution in [3.05, 3.63) is 34.9 Å². The van der Waals surface area contributed by atoms with Crippen LogP contribution in [0, 0.1) is 13.8 Å². The third-order valence-corrected chi connectivity index (χ3v) is 4.16. The summed E-state index contributed by atoms with van der Waals surface area (Å²) in [7, 11) is 2.28. The first-order valence-corrected chi connectivity index (χ1v) is 7.14. The lowest BCUT2D eigenvalue weighted by molar-refractivity contribution is 0.201. The number of piperidine rings is 1. The molecule has 0 radical (unpaired) electrons. The molecule has 0 atom stereocenters. The summed E-state index contributed by atoms with van der Waals surface area (Å²) >= 11 is 0. The van der Waals surface area contributed by atoms with Gasteiger partial charge in [0, 0.05) is 12.6 Å². The highest BCUT2D eigenvalue weighted by atomic mass is 15.1. The summed E-state index contributed by atoms with van der Waals surface area (Å²) in [5, 5.41) is 3.43. The van der Waals surface area contributed by atoms with Crippen LogP contribution in [0.1, 0.15) is 29.5 Å². The Bertz CT molecular complexity index is 381. The van der Waals surface area contributed by atoms with E-state index in [-0.39, 0.29) is 0 Å². The van der Waals surface area contributed by atoms with Gasteiger partial charge >= 0.3 is 0 Å². The fourth-order valence-corrected chi connectivity index (χ4v) is 2.85. The average molecular weight is 246 g/mol. The van der Waals surface area contributed by atoms with Crippen molar-refractivity contribution in [2.24, 2.45) is 0 Å². The molecule has 0 unspecified atom stereocenters. The van der Waals surface area contributed by atoms with Crippen molar-refractivity contribution in [1.82, 2.24) is 10.2 Å². The molecule has 18 heavy (non-hydrogen) atoms. The fraction of sp³-hybridized carbons (Fsp3) is 0.625. The molecule has 0 spiro atoms. The van der Waals surface area contributed by atoms with Gasteiger partial charge in [-0.25, -0.2) is 0 Å². The van der Waals surface area contributed by atoms with Gasteiger partial charge in [0.05, 0.1) is 0 Å². The smallest absolute Gasteiger partial charge is 0.0116 e. The van der Waals surface area contributed by atoms with E-state index in [0.29, 0.717) is 0 Å². The molecule has 1 N–H and O–H groups in total. The average Bonchev–Trinajstić information content (AvgIpc) is 2.38. The summed E-state index contributed by atoms with van der Waals surface area (Å²) in [6.45, 7) is 7.93. The maximum Gasteiger partial charge on any atom is 0.0116 e. The zero-order valence-corrected chi connectivity index (χ0v) is 12.0. The van der Waals surface area contributed by atoms with Crippen LogP contribution in [0.4, 0.5) is 0 Å². The van der Waals surface area contributed by atoms with Crippen molar-refractivity contribution < 1.29 is 0 Å². The van der Waals surface area contributed by atoms with Crippen LogP contribution in [-0.4, -0.2) is 37.6 Å². The Morgan fingerprint density at radius 1 is 1.22 bits per heavy atom. The zero-order chi connectivity index (χ0) is 13.0. The second kappa shape index (κ2) is 6.35. The maximum absolute atomic E-state index is 3.43. The quantitative estimate of drug-likeness (QED) is 0.878. The number of benzene rings is 1. The molecule has 0 amide bonds. The Kier molecular flexibility index (Phi) is 4.79. The number of aryl methyl sites for hydroxylation is 2. The molecule has 1 aromatic carbocycles. The first-order chi connectivity index (χ1) is 8.66. The van der Waals surface area contributed by atoms with Crippen molar-refractivity contribution in [2.75, 3.05) is 26.7 Å². The van der Waals surface area contributed by atoms with Gasteiger partial charge in [-0.2, -0.15) is 0 Å². The predicted molar refractivity (Wildman–Crippen MR) is 78.1 cm³/mol. The van der Waals surface area contributed by atoms with E-state index >= 15 is 0 Å². The molecule has 1 heterocycles. The highest BCUT2D eigenvalue weighted by molar-refractivity contribution is 5.30. The van der Waals surface area contributed by atoms with Crippen molar-refractivity contribution in [3.8, 4) is 0 Å². The van der Waals surface area contributed by atoms with Crippen LogP contribution in [0.15, 0.2) is 18.2 Å². The minimum Gasteiger partial charge on any atom is -0.317 e. The molecule has 0 aliphatic carbocycles. The van der Waals surface area contributed by atoms with Crippen LogP contribution >= 0.6 is 0 Å². The van der Waals surface area contributed by atoms with Gasteiger partial charge in [-0.3, -0.25) is 0 Å². The van der Waals surface area contributed by atoms with Gasteiger partial charge < -0.3 is 10.2 Å². The first kappa shape index (κ1) is 13.6. The summed E-state index contributed by atoms with van der Waals surface area (Å²) in [5.41, 5.74) is 4.30. The summed E-state index contributed by atoms with van der Waals surface area (Å²) in [5.74, 6) is 0. The van der Waals surface area contributed by atoms with Crippen molar-refractivity contribution in [2.45, 2.75) is 39.2 Å². The van der Waals surface area contributed by atoms with Crippen molar-refractivity contribution in [1.29, 1.82) is 0 Å². The van der Waals surface area contributed by atoms with Gasteiger partial charge in [-0.05, 0) is 64.4 Å². The van der Waals surface area contributed by atoms with E-state index in [9.17, 15) is 0 Å². The third-order valence-electron chi connectivity index (χ3n) is 4.16. The Morgan fingerprint density at radius 3 is 2.61 bits per heavy atom. The first-order valence-electron chi connectivity index (χ1n) is 7.14. The molecule has 1 aromatic rings. The highest BCUT2D eigenvalue weighted by Crippen LogP contribution is 2.14. The molecule has 1 aliphatic rings. The van der Waals surface area contributed by atoms with Gasteiger partial charge in [0.2, 0.25) is 0 Å². The summed E-state index contributed by atoms with van der Waals surface area (Å²) in [6.07, 6.45) is 3.76. The van der Waals surface area contributed by atoms with Crippen molar-refractivity contribution >= 4 is 0 Å². The van der Waals surface area contributed by atoms with Gasteiger partial charge in [0.25, 0.3) is 0 Å². The predicted octanol–water partition coefficient (Wildman–Crippen LogP) is 2.53. The van der Waals surface area contributed by atoms with E-state index in [2.05, 4.69) is 49.3 Å². The lowest BCUT2D eigenvalue weighted by Gasteiger charge is -2.31. The molecule has 1 aliphatic heterocycles. The monoisotopic (exact) mass is 246 g/mol. The summed E-state index contributed by atoms with van der Waals surface area (Å²) in [4.78, 5) is 2.54. The van der Waals surface area contributed by atoms with E-state index in [1.165, 1.54) is 55.6 Å². The lowest BCUT2D eigenvalue weighted by Crippen LogP contribution is -2.41. The number of rotatable bonds is 4.